The van der Waals surface area contributed by atoms with E-state index in [0.717, 1.165) is 32.5 Å². The number of hydrogen-bond donors (Lipinski definition) is 0. The van der Waals surface area contributed by atoms with Crippen LogP contribution in [0.5, 0.6) is 0 Å². The first-order chi connectivity index (χ1) is 8.68. The second-order valence-electron chi connectivity index (χ2n) is 5.23. The first-order valence-electron chi connectivity index (χ1n) is 6.88. The molecule has 0 saturated carbocycles. The van der Waals surface area contributed by atoms with Crippen LogP contribution in [0.4, 0.5) is 0 Å². The molecule has 3 nitrogen and oxygen atoms in total. The number of hydrogen-bond acceptors (Lipinski definition) is 3. The molecule has 0 aromatic carbocycles. The van der Waals surface area contributed by atoms with E-state index in [-0.39, 0.29) is 38.3 Å². The summed E-state index contributed by atoms with van der Waals surface area (Å²) in [7, 11) is 0. The van der Waals surface area contributed by atoms with Crippen LogP contribution in [-0.4, -0.2) is 35.6 Å². The van der Waals surface area contributed by atoms with E-state index >= 15 is 0 Å². The Morgan fingerprint density at radius 2 is 2.11 bits per heavy atom. The van der Waals surface area contributed by atoms with Crippen molar-refractivity contribution in [3.05, 3.63) is 30.1 Å². The van der Waals surface area contributed by atoms with Crippen LogP contribution in [-0.2, 0) is 43.0 Å². The number of aromatic nitrogens is 1. The van der Waals surface area contributed by atoms with Crippen LogP contribution in [0.1, 0.15) is 39.2 Å². The normalized spacial score (nSPS) is 19.2. The van der Waals surface area contributed by atoms with Gasteiger partial charge in [-0.2, -0.15) is 12.1 Å². The fraction of sp³-hybridized carbons (Fsp3) is 0.667. The summed E-state index contributed by atoms with van der Waals surface area (Å²) < 4.78 is 6.10. The average Bonchev–Trinajstić information content (AvgIpc) is 2.40. The number of piperidine rings is 1. The predicted molar refractivity (Wildman–Crippen MR) is 72.3 cm³/mol. The van der Waals surface area contributed by atoms with E-state index in [1.807, 2.05) is 12.3 Å². The van der Waals surface area contributed by atoms with E-state index < -0.39 is 0 Å². The van der Waals surface area contributed by atoms with Crippen LogP contribution in [0, 0.1) is 6.20 Å². The third-order valence-electron chi connectivity index (χ3n) is 3.90. The molecule has 1 fully saturated rings. The minimum atomic E-state index is -0.137. The molecule has 1 radical (unpaired) electrons. The molecule has 4 heteroatoms. The van der Waals surface area contributed by atoms with Crippen molar-refractivity contribution in [2.75, 3.05) is 19.7 Å². The molecule has 0 unspecified atom stereocenters. The largest absolute Gasteiger partial charge is 0.394 e. The average molecular weight is 336 g/mol. The molecule has 2 heterocycles. The molecule has 1 saturated heterocycles. The van der Waals surface area contributed by atoms with E-state index in [1.165, 1.54) is 5.56 Å². The molecule has 2 rings (SSSR count). The Kier molecular flexibility index (Phi) is 7.09. The topological polar surface area (TPSA) is 25.4 Å². The fourth-order valence-electron chi connectivity index (χ4n) is 2.78. The number of nitrogens with zero attached hydrogens (tertiary/aromatic N) is 2. The van der Waals surface area contributed by atoms with Gasteiger partial charge >= 0.3 is 0 Å². The monoisotopic (exact) mass is 336 g/mol. The van der Waals surface area contributed by atoms with Crippen molar-refractivity contribution < 1.29 is 37.4 Å². The predicted octanol–water partition coefficient (Wildman–Crippen LogP) is 2.62. The Balaban J connectivity index is 0.00000180. The minimum Gasteiger partial charge on any atom is -0.394 e. The Morgan fingerprint density at radius 3 is 2.58 bits per heavy atom. The third kappa shape index (κ3) is 4.07. The summed E-state index contributed by atoms with van der Waals surface area (Å²) in [5, 5.41) is 0. The fourth-order valence-corrected chi connectivity index (χ4v) is 2.78. The van der Waals surface area contributed by atoms with Gasteiger partial charge in [0.1, 0.15) is 0 Å². The SMILES string of the molecule is CCOC1(c2cc[c-]nc2)CCN(C(C)C)CC1.[Y]. The van der Waals surface area contributed by atoms with Crippen molar-refractivity contribution in [3.8, 4) is 0 Å². The summed E-state index contributed by atoms with van der Waals surface area (Å²) in [6.45, 7) is 9.52. The molecular formula is C15H23N2OY-. The summed E-state index contributed by atoms with van der Waals surface area (Å²) >= 11 is 0. The maximum atomic E-state index is 6.10. The van der Waals surface area contributed by atoms with Gasteiger partial charge in [0.2, 0.25) is 0 Å². The van der Waals surface area contributed by atoms with Crippen LogP contribution in [0.2, 0.25) is 0 Å². The summed E-state index contributed by atoms with van der Waals surface area (Å²) in [6.07, 6.45) is 6.84. The summed E-state index contributed by atoms with van der Waals surface area (Å²) in [6, 6.07) is 4.59. The molecule has 0 bridgehead atoms. The van der Waals surface area contributed by atoms with Crippen LogP contribution in [0.25, 0.3) is 0 Å². The Labute approximate surface area is 142 Å². The van der Waals surface area contributed by atoms with E-state index in [9.17, 15) is 0 Å². The summed E-state index contributed by atoms with van der Waals surface area (Å²) in [5.74, 6) is 0. The van der Waals surface area contributed by atoms with Gasteiger partial charge in [0.25, 0.3) is 0 Å². The molecule has 103 valence electrons. The van der Waals surface area contributed by atoms with E-state index in [4.69, 9.17) is 4.74 Å². The minimum absolute atomic E-state index is 0. The standard InChI is InChI=1S/C15H23N2O.Y/c1-4-18-15(14-6-5-9-16-12-14)7-10-17(11-8-15)13(2)3;/h5-6,12-13H,4,7-8,10-11H2,1-3H3;/q-1;. The number of likely N-dealkylation sites (tertiary alicyclic amines) is 1. The maximum absolute atomic E-state index is 6.10. The van der Waals surface area contributed by atoms with Gasteiger partial charge in [0, 0.05) is 58.4 Å². The van der Waals surface area contributed by atoms with Gasteiger partial charge in [0.15, 0.2) is 0 Å². The van der Waals surface area contributed by atoms with Gasteiger partial charge in [-0.25, -0.2) is 0 Å². The molecule has 1 aromatic heterocycles. The molecular weight excluding hydrogens is 313 g/mol. The van der Waals surface area contributed by atoms with Gasteiger partial charge in [-0.3, -0.25) is 0 Å². The zero-order valence-electron chi connectivity index (χ0n) is 12.2. The Bertz CT molecular complexity index is 362. The first-order valence-corrected chi connectivity index (χ1v) is 6.88. The van der Waals surface area contributed by atoms with Gasteiger partial charge in [0.05, 0.1) is 5.60 Å². The molecule has 19 heavy (non-hydrogen) atoms. The maximum Gasteiger partial charge on any atom is 0.0751 e. The van der Waals surface area contributed by atoms with Crippen molar-refractivity contribution in [2.45, 2.75) is 45.3 Å². The zero-order valence-corrected chi connectivity index (χ0v) is 15.1. The van der Waals surface area contributed by atoms with E-state index in [0.29, 0.717) is 6.04 Å². The van der Waals surface area contributed by atoms with Crippen LogP contribution in [0.15, 0.2) is 18.3 Å². The van der Waals surface area contributed by atoms with Crippen molar-refractivity contribution in [2.24, 2.45) is 0 Å². The van der Waals surface area contributed by atoms with Crippen molar-refractivity contribution in [3.63, 3.8) is 0 Å². The quantitative estimate of drug-likeness (QED) is 0.791. The first kappa shape index (κ1) is 17.2. The number of ether oxygens (including phenoxy) is 1. The van der Waals surface area contributed by atoms with Gasteiger partial charge < -0.3 is 14.6 Å². The van der Waals surface area contributed by atoms with Crippen LogP contribution in [0.3, 0.4) is 0 Å². The Morgan fingerprint density at radius 1 is 1.42 bits per heavy atom. The second-order valence-corrected chi connectivity index (χ2v) is 5.23. The smallest absolute Gasteiger partial charge is 0.0751 e. The van der Waals surface area contributed by atoms with Crippen molar-refractivity contribution >= 4 is 0 Å². The molecule has 0 N–H and O–H groups in total. The van der Waals surface area contributed by atoms with E-state index in [2.05, 4.69) is 42.9 Å². The molecule has 1 aromatic rings. The van der Waals surface area contributed by atoms with Crippen LogP contribution >= 0.6 is 0 Å². The molecule has 1 aliphatic rings. The van der Waals surface area contributed by atoms with Crippen molar-refractivity contribution in [1.29, 1.82) is 0 Å². The van der Waals surface area contributed by atoms with Gasteiger partial charge in [-0.15, -0.1) is 5.56 Å². The molecule has 0 atom stereocenters. The molecule has 0 amide bonds. The van der Waals surface area contributed by atoms with Gasteiger partial charge in [-0.1, -0.05) is 12.4 Å². The van der Waals surface area contributed by atoms with Crippen molar-refractivity contribution in [1.82, 2.24) is 9.88 Å². The molecule has 1 aliphatic heterocycles. The zero-order chi connectivity index (χ0) is 13.0. The Hall–Kier alpha value is 0.174. The van der Waals surface area contributed by atoms with Gasteiger partial charge in [-0.05, 0) is 33.6 Å². The van der Waals surface area contributed by atoms with E-state index in [1.54, 1.807) is 0 Å². The van der Waals surface area contributed by atoms with Crippen LogP contribution < -0.4 is 0 Å². The summed E-state index contributed by atoms with van der Waals surface area (Å²) in [5.41, 5.74) is 1.06. The second kappa shape index (κ2) is 7.82. The summed E-state index contributed by atoms with van der Waals surface area (Å²) in [4.78, 5) is 6.64. The number of pyridine rings is 1. The number of rotatable bonds is 4. The molecule has 0 spiro atoms. The third-order valence-corrected chi connectivity index (χ3v) is 3.90. The molecule has 0 aliphatic carbocycles.